The van der Waals surface area contributed by atoms with Gasteiger partial charge in [-0.15, -0.1) is 0 Å². The van der Waals surface area contributed by atoms with Crippen molar-refractivity contribution in [2.45, 2.75) is 19.0 Å². The van der Waals surface area contributed by atoms with E-state index in [4.69, 9.17) is 5.11 Å². The minimum Gasteiger partial charge on any atom is -0.481 e. The molecule has 1 amide bonds. The fraction of sp³-hybridized carbons (Fsp3) is 0.385. The highest BCUT2D eigenvalue weighted by Gasteiger charge is 2.35. The first-order valence-electron chi connectivity index (χ1n) is 6.01. The van der Waals surface area contributed by atoms with Gasteiger partial charge in [-0.05, 0) is 17.7 Å². The molecule has 1 fully saturated rings. The monoisotopic (exact) mass is 285 g/mol. The summed E-state index contributed by atoms with van der Waals surface area (Å²) in [5.74, 6) is -2.42. The first-order chi connectivity index (χ1) is 9.47. The van der Waals surface area contributed by atoms with Crippen LogP contribution in [-0.4, -0.2) is 30.1 Å². The fourth-order valence-corrected chi connectivity index (χ4v) is 2.29. The Hall–Kier alpha value is -2.18. The predicted octanol–water partition coefficient (Wildman–Crippen LogP) is 1.59. The maximum Gasteiger partial charge on any atom is 0.387 e. The van der Waals surface area contributed by atoms with Crippen molar-refractivity contribution in [2.24, 2.45) is 5.92 Å². The summed E-state index contributed by atoms with van der Waals surface area (Å²) in [5, 5.41) is 11.7. The Morgan fingerprint density at radius 2 is 2.00 bits per heavy atom. The first-order valence-corrected chi connectivity index (χ1v) is 6.01. The number of ether oxygens (including phenoxy) is 1. The molecule has 0 spiro atoms. The van der Waals surface area contributed by atoms with Crippen molar-refractivity contribution < 1.29 is 28.2 Å². The number of piperidine rings is 1. The molecule has 108 valence electrons. The summed E-state index contributed by atoms with van der Waals surface area (Å²) < 4.78 is 28.3. The molecule has 5 nitrogen and oxygen atoms in total. The number of alkyl halides is 2. The fourth-order valence-electron chi connectivity index (χ4n) is 2.29. The maximum atomic E-state index is 12.0. The van der Waals surface area contributed by atoms with Gasteiger partial charge < -0.3 is 15.2 Å². The normalized spacial score (nSPS) is 22.4. The van der Waals surface area contributed by atoms with E-state index in [1.165, 1.54) is 24.3 Å². The van der Waals surface area contributed by atoms with E-state index in [-0.39, 0.29) is 24.6 Å². The smallest absolute Gasteiger partial charge is 0.387 e. The van der Waals surface area contributed by atoms with E-state index in [1.54, 1.807) is 0 Å². The molecule has 1 saturated heterocycles. The van der Waals surface area contributed by atoms with Crippen molar-refractivity contribution in [3.8, 4) is 5.75 Å². The molecule has 0 aliphatic carbocycles. The minimum atomic E-state index is -2.91. The average molecular weight is 285 g/mol. The van der Waals surface area contributed by atoms with E-state index in [0.29, 0.717) is 5.56 Å². The lowest BCUT2D eigenvalue weighted by Crippen LogP contribution is -2.43. The van der Waals surface area contributed by atoms with Crippen LogP contribution in [0, 0.1) is 5.92 Å². The summed E-state index contributed by atoms with van der Waals surface area (Å²) in [6.45, 7) is -2.85. The van der Waals surface area contributed by atoms with Crippen LogP contribution in [-0.2, 0) is 9.59 Å². The molecule has 1 aliphatic heterocycles. The summed E-state index contributed by atoms with van der Waals surface area (Å²) in [6.07, 6.45) is 0.0615. The Bertz CT molecular complexity index is 504. The maximum absolute atomic E-state index is 12.0. The molecule has 1 heterocycles. The standard InChI is InChI=1S/C13H13F2NO4/c14-13(15)20-8-3-1-7(2-4-8)9-5-11(17)16-6-10(9)12(18)19/h1-4,9-10,13H,5-6H2,(H,16,17)(H,18,19). The molecule has 2 rings (SSSR count). The summed E-state index contributed by atoms with van der Waals surface area (Å²) in [6, 6.07) is 5.70. The molecule has 1 aliphatic rings. The van der Waals surface area contributed by atoms with Crippen molar-refractivity contribution in [2.75, 3.05) is 6.54 Å². The zero-order valence-electron chi connectivity index (χ0n) is 10.4. The second kappa shape index (κ2) is 5.85. The van der Waals surface area contributed by atoms with Gasteiger partial charge in [0.15, 0.2) is 0 Å². The molecule has 20 heavy (non-hydrogen) atoms. The number of nitrogens with one attached hydrogen (secondary N) is 1. The zero-order chi connectivity index (χ0) is 14.7. The molecule has 2 atom stereocenters. The van der Waals surface area contributed by atoms with Gasteiger partial charge in [0.05, 0.1) is 5.92 Å². The number of amides is 1. The molecule has 7 heteroatoms. The van der Waals surface area contributed by atoms with Crippen LogP contribution in [0.3, 0.4) is 0 Å². The quantitative estimate of drug-likeness (QED) is 0.881. The van der Waals surface area contributed by atoms with Crippen molar-refractivity contribution in [3.63, 3.8) is 0 Å². The summed E-state index contributed by atoms with van der Waals surface area (Å²) in [5.41, 5.74) is 0.619. The van der Waals surface area contributed by atoms with Gasteiger partial charge in [-0.3, -0.25) is 9.59 Å². The molecular formula is C13H13F2NO4. The van der Waals surface area contributed by atoms with E-state index in [1.807, 2.05) is 0 Å². The van der Waals surface area contributed by atoms with Gasteiger partial charge in [0.2, 0.25) is 5.91 Å². The lowest BCUT2D eigenvalue weighted by atomic mass is 9.81. The largest absolute Gasteiger partial charge is 0.481 e. The van der Waals surface area contributed by atoms with E-state index in [9.17, 15) is 18.4 Å². The van der Waals surface area contributed by atoms with Crippen molar-refractivity contribution in [1.29, 1.82) is 0 Å². The number of carbonyl (C=O) groups is 2. The number of hydrogen-bond acceptors (Lipinski definition) is 3. The van der Waals surface area contributed by atoms with Crippen LogP contribution in [0.4, 0.5) is 8.78 Å². The molecular weight excluding hydrogens is 272 g/mol. The third-order valence-electron chi connectivity index (χ3n) is 3.26. The van der Waals surface area contributed by atoms with Gasteiger partial charge in [0, 0.05) is 18.9 Å². The van der Waals surface area contributed by atoms with Crippen LogP contribution >= 0.6 is 0 Å². The van der Waals surface area contributed by atoms with E-state index in [0.717, 1.165) is 0 Å². The Morgan fingerprint density at radius 3 is 2.55 bits per heavy atom. The van der Waals surface area contributed by atoms with Crippen LogP contribution in [0.1, 0.15) is 17.9 Å². The molecule has 1 aromatic rings. The van der Waals surface area contributed by atoms with Crippen molar-refractivity contribution in [1.82, 2.24) is 5.32 Å². The van der Waals surface area contributed by atoms with Crippen LogP contribution in [0.25, 0.3) is 0 Å². The first kappa shape index (κ1) is 14.2. The van der Waals surface area contributed by atoms with Gasteiger partial charge in [-0.2, -0.15) is 8.78 Å². The van der Waals surface area contributed by atoms with Crippen LogP contribution in [0.2, 0.25) is 0 Å². The molecule has 1 aromatic carbocycles. The van der Waals surface area contributed by atoms with Crippen molar-refractivity contribution in [3.05, 3.63) is 29.8 Å². The van der Waals surface area contributed by atoms with Gasteiger partial charge in [0.25, 0.3) is 0 Å². The van der Waals surface area contributed by atoms with Gasteiger partial charge >= 0.3 is 12.6 Å². The van der Waals surface area contributed by atoms with Gasteiger partial charge in [0.1, 0.15) is 5.75 Å². The SMILES string of the molecule is O=C1CC(c2ccc(OC(F)F)cc2)C(C(=O)O)CN1. The average Bonchev–Trinajstić information content (AvgIpc) is 2.38. The van der Waals surface area contributed by atoms with Crippen molar-refractivity contribution >= 4 is 11.9 Å². The number of benzene rings is 1. The second-order valence-corrected chi connectivity index (χ2v) is 4.51. The lowest BCUT2D eigenvalue weighted by molar-refractivity contribution is -0.144. The Morgan fingerprint density at radius 1 is 1.35 bits per heavy atom. The Balaban J connectivity index is 2.19. The number of hydrogen-bond donors (Lipinski definition) is 2. The number of carboxylic acids is 1. The predicted molar refractivity (Wildman–Crippen MR) is 64.6 cm³/mol. The second-order valence-electron chi connectivity index (χ2n) is 4.51. The summed E-state index contributed by atoms with van der Waals surface area (Å²) in [7, 11) is 0. The highest BCUT2D eigenvalue weighted by Crippen LogP contribution is 2.32. The topological polar surface area (TPSA) is 75.6 Å². The number of halogens is 2. The number of carbonyl (C=O) groups excluding carboxylic acids is 1. The van der Waals surface area contributed by atoms with E-state index >= 15 is 0 Å². The molecule has 0 radical (unpaired) electrons. The lowest BCUT2D eigenvalue weighted by Gasteiger charge is -2.29. The molecule has 2 unspecified atom stereocenters. The third-order valence-corrected chi connectivity index (χ3v) is 3.26. The summed E-state index contributed by atoms with van der Waals surface area (Å²) in [4.78, 5) is 22.6. The third kappa shape index (κ3) is 3.23. The number of carboxylic acid groups (broad SMARTS) is 1. The Labute approximate surface area is 113 Å². The molecule has 0 saturated carbocycles. The number of rotatable bonds is 4. The van der Waals surface area contributed by atoms with Gasteiger partial charge in [-0.1, -0.05) is 12.1 Å². The summed E-state index contributed by atoms with van der Waals surface area (Å²) >= 11 is 0. The van der Waals surface area contributed by atoms with Crippen LogP contribution in [0.5, 0.6) is 5.75 Å². The molecule has 2 N–H and O–H groups in total. The zero-order valence-corrected chi connectivity index (χ0v) is 10.4. The van der Waals surface area contributed by atoms with Crippen LogP contribution < -0.4 is 10.1 Å². The molecule has 0 aromatic heterocycles. The van der Waals surface area contributed by atoms with E-state index < -0.39 is 24.4 Å². The number of aliphatic carboxylic acids is 1. The van der Waals surface area contributed by atoms with E-state index in [2.05, 4.69) is 10.1 Å². The van der Waals surface area contributed by atoms with Gasteiger partial charge in [-0.25, -0.2) is 0 Å². The highest BCUT2D eigenvalue weighted by atomic mass is 19.3. The minimum absolute atomic E-state index is 0.00381. The molecule has 0 bridgehead atoms. The highest BCUT2D eigenvalue weighted by molar-refractivity contribution is 5.82. The van der Waals surface area contributed by atoms with Crippen LogP contribution in [0.15, 0.2) is 24.3 Å². The Kier molecular flexibility index (Phi) is 4.16.